The Morgan fingerprint density at radius 2 is 1.32 bits per heavy atom. The van der Waals surface area contributed by atoms with Crippen molar-refractivity contribution < 1.29 is 0 Å². The quantitative estimate of drug-likeness (QED) is 0.781. The summed E-state index contributed by atoms with van der Waals surface area (Å²) in [6.45, 7) is 4.08. The van der Waals surface area contributed by atoms with Gasteiger partial charge in [0.1, 0.15) is 0 Å². The summed E-state index contributed by atoms with van der Waals surface area (Å²) in [6, 6.07) is 19.0. The van der Waals surface area contributed by atoms with Crippen molar-refractivity contribution in [2.75, 3.05) is 0 Å². The van der Waals surface area contributed by atoms with E-state index < -0.39 is 0 Å². The van der Waals surface area contributed by atoms with Crippen LogP contribution in [0.25, 0.3) is 11.1 Å². The molecule has 1 aliphatic carbocycles. The van der Waals surface area contributed by atoms with Crippen molar-refractivity contribution in [1.82, 2.24) is 0 Å². The maximum atomic E-state index is 5.76. The van der Waals surface area contributed by atoms with Gasteiger partial charge in [-0.2, -0.15) is 0 Å². The van der Waals surface area contributed by atoms with E-state index in [1.165, 1.54) is 16.7 Å². The Balaban J connectivity index is 0.000000172. The predicted octanol–water partition coefficient (Wildman–Crippen LogP) is 5.05. The van der Waals surface area contributed by atoms with Crippen LogP contribution < -0.4 is 5.73 Å². The molecular weight excluding hydrogens is 266 g/mol. The van der Waals surface area contributed by atoms with Crippen molar-refractivity contribution in [3.8, 4) is 11.1 Å². The Morgan fingerprint density at radius 3 is 1.91 bits per heavy atom. The third-order valence-corrected chi connectivity index (χ3v) is 3.37. The van der Waals surface area contributed by atoms with Gasteiger partial charge < -0.3 is 5.73 Å². The Bertz CT molecular complexity index is 658. The van der Waals surface area contributed by atoms with Crippen LogP contribution in [-0.4, -0.2) is 5.54 Å². The van der Waals surface area contributed by atoms with Gasteiger partial charge in [0.15, 0.2) is 0 Å². The van der Waals surface area contributed by atoms with Crippen molar-refractivity contribution in [1.29, 1.82) is 0 Å². The fraction of sp³-hybridized carbons (Fsp3) is 0.143. The molecule has 2 N–H and O–H groups in total. The van der Waals surface area contributed by atoms with Crippen molar-refractivity contribution in [2.45, 2.75) is 19.4 Å². The lowest BCUT2D eigenvalue weighted by atomic mass is 10.0. The van der Waals surface area contributed by atoms with Gasteiger partial charge in [-0.05, 0) is 25.0 Å². The number of benzene rings is 2. The normalized spacial score (nSPS) is 14.9. The summed E-state index contributed by atoms with van der Waals surface area (Å²) in [5, 5.41) is 0. The minimum Gasteiger partial charge on any atom is -0.319 e. The van der Waals surface area contributed by atoms with E-state index in [0.29, 0.717) is 0 Å². The van der Waals surface area contributed by atoms with Crippen LogP contribution in [0.3, 0.4) is 0 Å². The van der Waals surface area contributed by atoms with Crippen LogP contribution in [0.1, 0.15) is 12.5 Å². The third-order valence-electron chi connectivity index (χ3n) is 3.37. The second kappa shape index (κ2) is 7.58. The van der Waals surface area contributed by atoms with Gasteiger partial charge >= 0.3 is 0 Å². The van der Waals surface area contributed by atoms with Gasteiger partial charge in [-0.25, -0.2) is 0 Å². The zero-order chi connectivity index (χ0) is 15.8. The van der Waals surface area contributed by atoms with Crippen molar-refractivity contribution >= 4 is 0 Å². The van der Waals surface area contributed by atoms with Crippen LogP contribution in [0.5, 0.6) is 0 Å². The molecule has 1 heteroatoms. The molecule has 2 aromatic carbocycles. The van der Waals surface area contributed by atoms with Crippen molar-refractivity contribution in [3.05, 3.63) is 96.6 Å². The molecule has 0 fully saturated rings. The molecule has 0 saturated heterocycles. The van der Waals surface area contributed by atoms with Gasteiger partial charge in [0.05, 0.1) is 5.54 Å². The van der Waals surface area contributed by atoms with E-state index in [1.807, 2.05) is 49.4 Å². The van der Waals surface area contributed by atoms with E-state index in [4.69, 9.17) is 5.73 Å². The highest BCUT2D eigenvalue weighted by Gasteiger charge is 2.07. The maximum Gasteiger partial charge on any atom is 0.0502 e. The van der Waals surface area contributed by atoms with Crippen LogP contribution in [-0.2, 0) is 0 Å². The second-order valence-electron chi connectivity index (χ2n) is 5.70. The molecule has 112 valence electrons. The van der Waals surface area contributed by atoms with Crippen LogP contribution >= 0.6 is 0 Å². The summed E-state index contributed by atoms with van der Waals surface area (Å²) < 4.78 is 0. The average Bonchev–Trinajstić information content (AvgIpc) is 2.72. The largest absolute Gasteiger partial charge is 0.319 e. The lowest BCUT2D eigenvalue weighted by molar-refractivity contribution is 0.736. The Labute approximate surface area is 133 Å². The Hall–Kier alpha value is -2.38. The molecular formula is C21H23N. The number of rotatable bonds is 1. The Morgan fingerprint density at radius 1 is 0.727 bits per heavy atom. The van der Waals surface area contributed by atoms with Crippen LogP contribution in [0.2, 0.25) is 0 Å². The highest BCUT2D eigenvalue weighted by molar-refractivity contribution is 5.63. The number of nitrogens with two attached hydrogens (primary N) is 1. The molecule has 0 bridgehead atoms. The number of hydrogen-bond acceptors (Lipinski definition) is 1. The first-order valence-corrected chi connectivity index (χ1v) is 7.51. The van der Waals surface area contributed by atoms with E-state index in [1.54, 1.807) is 0 Å². The molecule has 0 aromatic heterocycles. The first-order chi connectivity index (χ1) is 10.6. The van der Waals surface area contributed by atoms with Gasteiger partial charge in [0, 0.05) is 0 Å². The summed E-state index contributed by atoms with van der Waals surface area (Å²) in [5.41, 5.74) is 9.39. The molecule has 0 radical (unpaired) electrons. The molecule has 0 unspecified atom stereocenters. The lowest BCUT2D eigenvalue weighted by Gasteiger charge is -2.12. The zero-order valence-electron chi connectivity index (χ0n) is 13.2. The Kier molecular flexibility index (Phi) is 5.51. The lowest BCUT2D eigenvalue weighted by Crippen LogP contribution is -2.30. The third kappa shape index (κ3) is 5.19. The molecule has 0 amide bonds. The standard InChI is InChI=1S/C13H12.C8H11N/c1-11-6-5-9-13(10-11)12-7-3-2-4-8-12;1-8(9)6-4-2-3-5-7-8/h2-10H,1H3;2-7H,9H2,1H3. The molecule has 1 aliphatic rings. The van der Waals surface area contributed by atoms with Crippen molar-refractivity contribution in [2.24, 2.45) is 5.73 Å². The molecule has 22 heavy (non-hydrogen) atoms. The minimum atomic E-state index is -0.260. The van der Waals surface area contributed by atoms with Crippen LogP contribution in [0.15, 0.2) is 91.1 Å². The van der Waals surface area contributed by atoms with Gasteiger partial charge in [0.25, 0.3) is 0 Å². The first-order valence-electron chi connectivity index (χ1n) is 7.51. The SMILES string of the molecule is CC1(N)C=CC=CC=C1.Cc1cccc(-c2ccccc2)c1. The van der Waals surface area contributed by atoms with Gasteiger partial charge in [-0.15, -0.1) is 0 Å². The van der Waals surface area contributed by atoms with E-state index in [9.17, 15) is 0 Å². The predicted molar refractivity (Wildman–Crippen MR) is 96.6 cm³/mol. The molecule has 0 saturated carbocycles. The van der Waals surface area contributed by atoms with Gasteiger partial charge in [-0.1, -0.05) is 96.6 Å². The molecule has 0 spiro atoms. The van der Waals surface area contributed by atoms with Crippen molar-refractivity contribution in [3.63, 3.8) is 0 Å². The molecule has 0 heterocycles. The number of hydrogen-bond donors (Lipinski definition) is 1. The molecule has 0 aliphatic heterocycles. The summed E-state index contributed by atoms with van der Waals surface area (Å²) in [6.07, 6.45) is 11.8. The minimum absolute atomic E-state index is 0.260. The van der Waals surface area contributed by atoms with E-state index in [0.717, 1.165) is 0 Å². The summed E-state index contributed by atoms with van der Waals surface area (Å²) >= 11 is 0. The van der Waals surface area contributed by atoms with Gasteiger partial charge in [0.2, 0.25) is 0 Å². The smallest absolute Gasteiger partial charge is 0.0502 e. The summed E-state index contributed by atoms with van der Waals surface area (Å²) in [4.78, 5) is 0. The van der Waals surface area contributed by atoms with E-state index in [-0.39, 0.29) is 5.54 Å². The van der Waals surface area contributed by atoms with E-state index in [2.05, 4.69) is 55.5 Å². The van der Waals surface area contributed by atoms with Gasteiger partial charge in [-0.3, -0.25) is 0 Å². The maximum absolute atomic E-state index is 5.76. The topological polar surface area (TPSA) is 26.0 Å². The summed E-state index contributed by atoms with van der Waals surface area (Å²) in [7, 11) is 0. The number of aryl methyl sites for hydroxylation is 1. The zero-order valence-corrected chi connectivity index (χ0v) is 13.2. The highest BCUT2D eigenvalue weighted by Crippen LogP contribution is 2.19. The van der Waals surface area contributed by atoms with Crippen LogP contribution in [0, 0.1) is 6.92 Å². The second-order valence-corrected chi connectivity index (χ2v) is 5.70. The number of allylic oxidation sites excluding steroid dienone is 4. The molecule has 0 atom stereocenters. The first kappa shape index (κ1) is 16.0. The monoisotopic (exact) mass is 289 g/mol. The van der Waals surface area contributed by atoms with Crippen LogP contribution in [0.4, 0.5) is 0 Å². The summed E-state index contributed by atoms with van der Waals surface area (Å²) in [5.74, 6) is 0. The molecule has 1 nitrogen and oxygen atoms in total. The average molecular weight is 289 g/mol. The molecule has 2 aromatic rings. The van der Waals surface area contributed by atoms with E-state index >= 15 is 0 Å². The fourth-order valence-electron chi connectivity index (χ4n) is 2.16. The molecule has 3 rings (SSSR count). The fourth-order valence-corrected chi connectivity index (χ4v) is 2.16. The highest BCUT2D eigenvalue weighted by atomic mass is 14.7.